The molecule has 0 aliphatic rings. The summed E-state index contributed by atoms with van der Waals surface area (Å²) in [4.78, 5) is 12.1. The molecule has 0 aromatic heterocycles. The van der Waals surface area contributed by atoms with E-state index >= 15 is 0 Å². The van der Waals surface area contributed by atoms with Crippen LogP contribution in [0.5, 0.6) is 0 Å². The number of ether oxygens (including phenoxy) is 1. The quantitative estimate of drug-likeness (QED) is 0.692. The summed E-state index contributed by atoms with van der Waals surface area (Å²) in [5, 5.41) is 0. The molecule has 2 rings (SSSR count). The molecule has 2 aromatic rings. The van der Waals surface area contributed by atoms with Crippen LogP contribution in [-0.4, -0.2) is 5.97 Å². The molecule has 4 heteroatoms. The lowest BCUT2D eigenvalue weighted by atomic mass is 10.0. The summed E-state index contributed by atoms with van der Waals surface area (Å²) in [6.07, 6.45) is 0. The first kappa shape index (κ1) is 15.0. The smallest absolute Gasteiger partial charge is 0.338 e. The van der Waals surface area contributed by atoms with E-state index in [9.17, 15) is 9.18 Å². The summed E-state index contributed by atoms with van der Waals surface area (Å²) < 4.78 is 18.3. The number of nitrogens with two attached hydrogens (primary N) is 1. The van der Waals surface area contributed by atoms with E-state index in [4.69, 9.17) is 10.5 Å². The van der Waals surface area contributed by atoms with Crippen LogP contribution >= 0.6 is 0 Å². The van der Waals surface area contributed by atoms with Crippen LogP contribution in [-0.2, 0) is 11.3 Å². The van der Waals surface area contributed by atoms with Crippen molar-refractivity contribution in [3.8, 4) is 0 Å². The van der Waals surface area contributed by atoms with Crippen LogP contribution in [0, 0.1) is 26.6 Å². The summed E-state index contributed by atoms with van der Waals surface area (Å²) in [6.45, 7) is 5.62. The molecular formula is C17H18FNO2. The van der Waals surface area contributed by atoms with Crippen molar-refractivity contribution in [1.29, 1.82) is 0 Å². The molecule has 0 atom stereocenters. The summed E-state index contributed by atoms with van der Waals surface area (Å²) in [5.74, 6) is -0.729. The molecule has 2 aromatic carbocycles. The number of carbonyl (C=O) groups is 1. The average molecular weight is 287 g/mol. The van der Waals surface area contributed by atoms with Crippen molar-refractivity contribution in [3.63, 3.8) is 0 Å². The number of benzene rings is 2. The van der Waals surface area contributed by atoms with Crippen molar-refractivity contribution < 1.29 is 13.9 Å². The number of halogens is 1. The Morgan fingerprint density at radius 3 is 2.48 bits per heavy atom. The normalized spacial score (nSPS) is 10.5. The van der Waals surface area contributed by atoms with Crippen molar-refractivity contribution in [1.82, 2.24) is 0 Å². The molecule has 0 unspecified atom stereocenters. The number of hydrogen-bond donors (Lipinski definition) is 1. The Morgan fingerprint density at radius 2 is 1.81 bits per heavy atom. The van der Waals surface area contributed by atoms with Gasteiger partial charge in [0.15, 0.2) is 0 Å². The van der Waals surface area contributed by atoms with E-state index < -0.39 is 5.97 Å². The maximum Gasteiger partial charge on any atom is 0.338 e. The van der Waals surface area contributed by atoms with E-state index in [0.717, 1.165) is 22.3 Å². The van der Waals surface area contributed by atoms with Gasteiger partial charge in [-0.1, -0.05) is 12.1 Å². The van der Waals surface area contributed by atoms with Gasteiger partial charge in [0.25, 0.3) is 0 Å². The predicted molar refractivity (Wildman–Crippen MR) is 80.6 cm³/mol. The molecule has 21 heavy (non-hydrogen) atoms. The standard InChI is InChI=1S/C17H18FNO2/c1-10-7-14(18)5-4-13(10)9-21-17(20)15-8-16(19)12(3)6-11(15)2/h4-8H,9,19H2,1-3H3. The summed E-state index contributed by atoms with van der Waals surface area (Å²) in [7, 11) is 0. The topological polar surface area (TPSA) is 52.3 Å². The number of carbonyl (C=O) groups excluding carboxylic acids is 1. The highest BCUT2D eigenvalue weighted by Crippen LogP contribution is 2.19. The van der Waals surface area contributed by atoms with Crippen molar-refractivity contribution in [2.24, 2.45) is 0 Å². The van der Waals surface area contributed by atoms with E-state index in [0.29, 0.717) is 11.3 Å². The summed E-state index contributed by atoms with van der Waals surface area (Å²) >= 11 is 0. The minimum Gasteiger partial charge on any atom is -0.457 e. The maximum atomic E-state index is 13.0. The number of anilines is 1. The minimum atomic E-state index is -0.428. The Labute approximate surface area is 123 Å². The number of hydrogen-bond acceptors (Lipinski definition) is 3. The van der Waals surface area contributed by atoms with Gasteiger partial charge in [0, 0.05) is 5.69 Å². The van der Waals surface area contributed by atoms with Gasteiger partial charge in [-0.2, -0.15) is 0 Å². The first-order valence-corrected chi connectivity index (χ1v) is 6.67. The second kappa shape index (κ2) is 5.95. The third-order valence-corrected chi connectivity index (χ3v) is 3.50. The average Bonchev–Trinajstić information content (AvgIpc) is 2.41. The lowest BCUT2D eigenvalue weighted by Crippen LogP contribution is -2.09. The van der Waals surface area contributed by atoms with Crippen molar-refractivity contribution in [2.45, 2.75) is 27.4 Å². The molecule has 0 aliphatic carbocycles. The first-order chi connectivity index (χ1) is 9.88. The third kappa shape index (κ3) is 3.40. The van der Waals surface area contributed by atoms with Crippen LogP contribution < -0.4 is 5.73 Å². The van der Waals surface area contributed by atoms with E-state index in [1.165, 1.54) is 12.1 Å². The molecule has 110 valence electrons. The SMILES string of the molecule is Cc1cc(C)c(C(=O)OCc2ccc(F)cc2C)cc1N. The van der Waals surface area contributed by atoms with Crippen LogP contribution in [0.25, 0.3) is 0 Å². The highest BCUT2D eigenvalue weighted by Gasteiger charge is 2.13. The Morgan fingerprint density at radius 1 is 1.10 bits per heavy atom. The Hall–Kier alpha value is -2.36. The molecule has 0 bridgehead atoms. The third-order valence-electron chi connectivity index (χ3n) is 3.50. The summed E-state index contributed by atoms with van der Waals surface area (Å²) in [6, 6.07) is 7.87. The van der Waals surface area contributed by atoms with Crippen LogP contribution in [0.4, 0.5) is 10.1 Å². The molecule has 0 radical (unpaired) electrons. The zero-order valence-corrected chi connectivity index (χ0v) is 12.4. The van der Waals surface area contributed by atoms with Gasteiger partial charge in [-0.3, -0.25) is 0 Å². The zero-order chi connectivity index (χ0) is 15.6. The van der Waals surface area contributed by atoms with Gasteiger partial charge < -0.3 is 10.5 Å². The second-order valence-electron chi connectivity index (χ2n) is 5.17. The number of esters is 1. The predicted octanol–water partition coefficient (Wildman–Crippen LogP) is 3.69. The van der Waals surface area contributed by atoms with Gasteiger partial charge in [-0.25, -0.2) is 9.18 Å². The van der Waals surface area contributed by atoms with Gasteiger partial charge >= 0.3 is 5.97 Å². The maximum absolute atomic E-state index is 13.0. The fraction of sp³-hybridized carbons (Fsp3) is 0.235. The van der Waals surface area contributed by atoms with Gasteiger partial charge in [0.2, 0.25) is 0 Å². The number of aryl methyl sites for hydroxylation is 3. The lowest BCUT2D eigenvalue weighted by Gasteiger charge is -2.11. The van der Waals surface area contributed by atoms with Crippen LogP contribution in [0.1, 0.15) is 32.6 Å². The fourth-order valence-electron chi connectivity index (χ4n) is 2.13. The van der Waals surface area contributed by atoms with E-state index in [1.54, 1.807) is 19.1 Å². The second-order valence-corrected chi connectivity index (χ2v) is 5.17. The van der Waals surface area contributed by atoms with Gasteiger partial charge in [-0.05, 0) is 61.2 Å². The Balaban J connectivity index is 2.13. The largest absolute Gasteiger partial charge is 0.457 e. The molecule has 0 saturated carbocycles. The number of rotatable bonds is 3. The van der Waals surface area contributed by atoms with Gasteiger partial charge in [0.1, 0.15) is 12.4 Å². The summed E-state index contributed by atoms with van der Waals surface area (Å²) in [5.41, 5.74) is 10.1. The van der Waals surface area contributed by atoms with Crippen LogP contribution in [0.15, 0.2) is 30.3 Å². The van der Waals surface area contributed by atoms with Crippen LogP contribution in [0.3, 0.4) is 0 Å². The molecule has 0 spiro atoms. The molecule has 3 nitrogen and oxygen atoms in total. The van der Waals surface area contributed by atoms with Crippen molar-refractivity contribution >= 4 is 11.7 Å². The van der Waals surface area contributed by atoms with Gasteiger partial charge in [-0.15, -0.1) is 0 Å². The molecule has 2 N–H and O–H groups in total. The van der Waals surface area contributed by atoms with Crippen molar-refractivity contribution in [3.05, 3.63) is 64.0 Å². The molecule has 0 fully saturated rings. The van der Waals surface area contributed by atoms with E-state index in [1.807, 2.05) is 19.9 Å². The van der Waals surface area contributed by atoms with Crippen molar-refractivity contribution in [2.75, 3.05) is 5.73 Å². The Kier molecular flexibility index (Phi) is 4.26. The molecule has 0 heterocycles. The molecule has 0 aliphatic heterocycles. The first-order valence-electron chi connectivity index (χ1n) is 6.67. The lowest BCUT2D eigenvalue weighted by molar-refractivity contribution is 0.0471. The Bertz CT molecular complexity index is 695. The van der Waals surface area contributed by atoms with E-state index in [2.05, 4.69) is 0 Å². The zero-order valence-electron chi connectivity index (χ0n) is 12.4. The van der Waals surface area contributed by atoms with E-state index in [-0.39, 0.29) is 12.4 Å². The highest BCUT2D eigenvalue weighted by atomic mass is 19.1. The number of nitrogen functional groups attached to an aromatic ring is 1. The van der Waals surface area contributed by atoms with Crippen LogP contribution in [0.2, 0.25) is 0 Å². The minimum absolute atomic E-state index is 0.109. The monoisotopic (exact) mass is 287 g/mol. The molecule has 0 saturated heterocycles. The highest BCUT2D eigenvalue weighted by molar-refractivity contribution is 5.92. The molecule has 0 amide bonds. The molecular weight excluding hydrogens is 269 g/mol. The fourth-order valence-corrected chi connectivity index (χ4v) is 2.13. The van der Waals surface area contributed by atoms with Gasteiger partial charge in [0.05, 0.1) is 5.56 Å².